The number of ether oxygens (including phenoxy) is 1. The predicted octanol–water partition coefficient (Wildman–Crippen LogP) is 4.21. The maximum atomic E-state index is 12.9. The van der Waals surface area contributed by atoms with Crippen molar-refractivity contribution in [3.05, 3.63) is 65.5 Å². The van der Waals surface area contributed by atoms with E-state index in [2.05, 4.69) is 19.2 Å². The highest BCUT2D eigenvalue weighted by Crippen LogP contribution is 2.18. The summed E-state index contributed by atoms with van der Waals surface area (Å²) in [5.41, 5.74) is 2.08. The molecule has 0 aromatic heterocycles. The van der Waals surface area contributed by atoms with Crippen molar-refractivity contribution in [3.8, 4) is 5.75 Å². The van der Waals surface area contributed by atoms with E-state index in [4.69, 9.17) is 4.74 Å². The van der Waals surface area contributed by atoms with Gasteiger partial charge in [0, 0.05) is 0 Å². The Bertz CT molecular complexity index is 635. The van der Waals surface area contributed by atoms with Crippen LogP contribution in [0.1, 0.15) is 43.9 Å². The number of hydrogen-bond donors (Lipinski definition) is 1. The van der Waals surface area contributed by atoms with Gasteiger partial charge >= 0.3 is 0 Å². The highest BCUT2D eigenvalue weighted by Gasteiger charge is 2.10. The molecule has 23 heavy (non-hydrogen) atoms. The van der Waals surface area contributed by atoms with Gasteiger partial charge in [-0.25, -0.2) is 4.39 Å². The number of benzene rings is 2. The van der Waals surface area contributed by atoms with Crippen LogP contribution in [0.2, 0.25) is 0 Å². The van der Waals surface area contributed by atoms with Gasteiger partial charge in [-0.2, -0.15) is 0 Å². The number of amides is 1. The SMILES string of the molecule is CC(C)c1ccc(OCC(=O)N[C@@H](C)c2ccc(F)cc2)cc1. The minimum Gasteiger partial charge on any atom is -0.484 e. The third kappa shape index (κ3) is 5.09. The molecule has 1 atom stereocenters. The fourth-order valence-electron chi connectivity index (χ4n) is 2.22. The minimum atomic E-state index is -0.291. The van der Waals surface area contributed by atoms with E-state index in [-0.39, 0.29) is 24.4 Å². The second-order valence-electron chi connectivity index (χ2n) is 5.85. The highest BCUT2D eigenvalue weighted by atomic mass is 19.1. The molecule has 1 N–H and O–H groups in total. The van der Waals surface area contributed by atoms with Crippen LogP contribution in [0.3, 0.4) is 0 Å². The Morgan fingerprint density at radius 3 is 2.13 bits per heavy atom. The van der Waals surface area contributed by atoms with Crippen molar-refractivity contribution in [2.75, 3.05) is 6.61 Å². The summed E-state index contributed by atoms with van der Waals surface area (Å²) in [6.07, 6.45) is 0. The first-order valence-electron chi connectivity index (χ1n) is 7.73. The Morgan fingerprint density at radius 2 is 1.57 bits per heavy atom. The summed E-state index contributed by atoms with van der Waals surface area (Å²) in [4.78, 5) is 11.9. The fourth-order valence-corrected chi connectivity index (χ4v) is 2.22. The van der Waals surface area contributed by atoms with Crippen molar-refractivity contribution in [2.45, 2.75) is 32.7 Å². The lowest BCUT2D eigenvalue weighted by molar-refractivity contribution is -0.123. The second kappa shape index (κ2) is 7.77. The molecule has 0 bridgehead atoms. The van der Waals surface area contributed by atoms with Gasteiger partial charge < -0.3 is 10.1 Å². The van der Waals surface area contributed by atoms with E-state index in [1.54, 1.807) is 12.1 Å². The van der Waals surface area contributed by atoms with Crippen molar-refractivity contribution in [2.24, 2.45) is 0 Å². The number of rotatable bonds is 6. The van der Waals surface area contributed by atoms with Gasteiger partial charge in [0.15, 0.2) is 6.61 Å². The van der Waals surface area contributed by atoms with Gasteiger partial charge in [0.25, 0.3) is 5.91 Å². The standard InChI is InChI=1S/C19H22FNO2/c1-13(2)15-6-10-18(11-7-15)23-12-19(22)21-14(3)16-4-8-17(20)9-5-16/h4-11,13-14H,12H2,1-3H3,(H,21,22)/t14-/m0/s1. The Labute approximate surface area is 136 Å². The van der Waals surface area contributed by atoms with Crippen LogP contribution in [-0.4, -0.2) is 12.5 Å². The van der Waals surface area contributed by atoms with Crippen LogP contribution < -0.4 is 10.1 Å². The zero-order chi connectivity index (χ0) is 16.8. The largest absolute Gasteiger partial charge is 0.484 e. The normalized spacial score (nSPS) is 12.0. The average Bonchev–Trinajstić information content (AvgIpc) is 2.54. The van der Waals surface area contributed by atoms with Gasteiger partial charge in [-0.15, -0.1) is 0 Å². The Kier molecular flexibility index (Phi) is 5.74. The van der Waals surface area contributed by atoms with Crippen LogP contribution in [-0.2, 0) is 4.79 Å². The first kappa shape index (κ1) is 17.0. The summed E-state index contributed by atoms with van der Waals surface area (Å²) in [7, 11) is 0. The van der Waals surface area contributed by atoms with E-state index < -0.39 is 0 Å². The lowest BCUT2D eigenvalue weighted by Gasteiger charge is -2.15. The molecule has 1 amide bonds. The van der Waals surface area contributed by atoms with Crippen LogP contribution in [0.5, 0.6) is 5.75 Å². The first-order valence-corrected chi connectivity index (χ1v) is 7.73. The number of hydrogen-bond acceptors (Lipinski definition) is 2. The third-order valence-corrected chi connectivity index (χ3v) is 3.66. The summed E-state index contributed by atoms with van der Waals surface area (Å²) >= 11 is 0. The van der Waals surface area contributed by atoms with E-state index in [1.165, 1.54) is 17.7 Å². The maximum absolute atomic E-state index is 12.9. The Balaban J connectivity index is 1.83. The van der Waals surface area contributed by atoms with Crippen LogP contribution in [0.15, 0.2) is 48.5 Å². The van der Waals surface area contributed by atoms with E-state index in [1.807, 2.05) is 31.2 Å². The molecule has 2 aromatic carbocycles. The average molecular weight is 315 g/mol. The van der Waals surface area contributed by atoms with Gasteiger partial charge in [-0.3, -0.25) is 4.79 Å². The topological polar surface area (TPSA) is 38.3 Å². The minimum absolute atomic E-state index is 0.0490. The number of halogens is 1. The molecule has 122 valence electrons. The van der Waals surface area contributed by atoms with Crippen molar-refractivity contribution in [1.82, 2.24) is 5.32 Å². The highest BCUT2D eigenvalue weighted by molar-refractivity contribution is 5.78. The molecule has 0 spiro atoms. The molecule has 0 fully saturated rings. The Hall–Kier alpha value is -2.36. The van der Waals surface area contributed by atoms with Crippen molar-refractivity contribution in [3.63, 3.8) is 0 Å². The molecule has 0 unspecified atom stereocenters. The fraction of sp³-hybridized carbons (Fsp3) is 0.316. The number of carbonyl (C=O) groups is 1. The molecule has 0 aliphatic heterocycles. The van der Waals surface area contributed by atoms with Crippen molar-refractivity contribution < 1.29 is 13.9 Å². The molecule has 4 heteroatoms. The predicted molar refractivity (Wildman–Crippen MR) is 89.0 cm³/mol. The number of carbonyl (C=O) groups excluding carboxylic acids is 1. The molecule has 0 saturated heterocycles. The van der Waals surface area contributed by atoms with Gasteiger partial charge in [0.2, 0.25) is 0 Å². The molecule has 0 heterocycles. The summed E-state index contributed by atoms with van der Waals surface area (Å²) in [5.74, 6) is 0.623. The molecule has 0 saturated carbocycles. The van der Waals surface area contributed by atoms with Crippen LogP contribution >= 0.6 is 0 Å². The lowest BCUT2D eigenvalue weighted by Crippen LogP contribution is -2.31. The number of nitrogens with one attached hydrogen (secondary N) is 1. The summed E-state index contributed by atoms with van der Waals surface area (Å²) in [6, 6.07) is 13.6. The molecule has 3 nitrogen and oxygen atoms in total. The maximum Gasteiger partial charge on any atom is 0.258 e. The molecular weight excluding hydrogens is 293 g/mol. The van der Waals surface area contributed by atoms with E-state index in [0.29, 0.717) is 11.7 Å². The quantitative estimate of drug-likeness (QED) is 0.867. The summed E-state index contributed by atoms with van der Waals surface area (Å²) in [6.45, 7) is 6.05. The summed E-state index contributed by atoms with van der Waals surface area (Å²) < 4.78 is 18.4. The van der Waals surface area contributed by atoms with Crippen molar-refractivity contribution >= 4 is 5.91 Å². The molecule has 0 radical (unpaired) electrons. The van der Waals surface area contributed by atoms with E-state index in [0.717, 1.165) is 5.56 Å². The second-order valence-corrected chi connectivity index (χ2v) is 5.85. The van der Waals surface area contributed by atoms with Crippen LogP contribution in [0, 0.1) is 5.82 Å². The Morgan fingerprint density at radius 1 is 1.00 bits per heavy atom. The molecule has 0 aliphatic carbocycles. The van der Waals surface area contributed by atoms with Gasteiger partial charge in [0.1, 0.15) is 11.6 Å². The van der Waals surface area contributed by atoms with Crippen molar-refractivity contribution in [1.29, 1.82) is 0 Å². The van der Waals surface area contributed by atoms with Gasteiger partial charge in [-0.05, 0) is 48.2 Å². The van der Waals surface area contributed by atoms with Crippen LogP contribution in [0.4, 0.5) is 4.39 Å². The third-order valence-electron chi connectivity index (χ3n) is 3.66. The summed E-state index contributed by atoms with van der Waals surface area (Å²) in [5, 5.41) is 2.83. The molecular formula is C19H22FNO2. The first-order chi connectivity index (χ1) is 11.0. The van der Waals surface area contributed by atoms with E-state index in [9.17, 15) is 9.18 Å². The molecule has 2 aromatic rings. The monoisotopic (exact) mass is 315 g/mol. The van der Waals surface area contributed by atoms with Crippen LogP contribution in [0.25, 0.3) is 0 Å². The molecule has 2 rings (SSSR count). The van der Waals surface area contributed by atoms with Gasteiger partial charge in [-0.1, -0.05) is 38.1 Å². The lowest BCUT2D eigenvalue weighted by atomic mass is 10.0. The van der Waals surface area contributed by atoms with Gasteiger partial charge in [0.05, 0.1) is 6.04 Å². The zero-order valence-corrected chi connectivity index (χ0v) is 13.7. The zero-order valence-electron chi connectivity index (χ0n) is 13.7. The molecule has 0 aliphatic rings. The smallest absolute Gasteiger partial charge is 0.258 e. The van der Waals surface area contributed by atoms with E-state index >= 15 is 0 Å².